The number of thioether (sulfide) groups is 1. The Labute approximate surface area is 166 Å². The maximum absolute atomic E-state index is 13.0. The molecular weight excluding hydrogens is 382 g/mol. The predicted molar refractivity (Wildman–Crippen MR) is 110 cm³/mol. The first kappa shape index (κ1) is 18.1. The van der Waals surface area contributed by atoms with Gasteiger partial charge in [0.05, 0.1) is 22.9 Å². The number of nitrogens with zero attached hydrogens (tertiary/aromatic N) is 3. The van der Waals surface area contributed by atoms with Crippen molar-refractivity contribution in [3.63, 3.8) is 0 Å². The Balaban J connectivity index is 1.67. The monoisotopic (exact) mass is 399 g/mol. The number of fused-ring (bicyclic) bond motifs is 2. The molecule has 27 heavy (non-hydrogen) atoms. The zero-order valence-corrected chi connectivity index (χ0v) is 16.3. The van der Waals surface area contributed by atoms with Gasteiger partial charge in [0.1, 0.15) is 6.54 Å². The molecule has 1 aromatic heterocycles. The number of carbonyl (C=O) groups excluding carboxylic acids is 1. The second-order valence-electron chi connectivity index (χ2n) is 6.57. The minimum atomic E-state index is -0.262. The first-order valence-corrected chi connectivity index (χ1v) is 9.99. The van der Waals surface area contributed by atoms with Crippen molar-refractivity contribution in [1.29, 1.82) is 0 Å². The molecule has 2 aromatic carbocycles. The molecule has 0 aliphatic carbocycles. The highest BCUT2D eigenvalue weighted by Gasteiger charge is 2.24. The minimum absolute atomic E-state index is 0.0539. The molecular formula is C20H18ClN3O2S. The highest BCUT2D eigenvalue weighted by molar-refractivity contribution is 8.00. The molecule has 0 radical (unpaired) electrons. The zero-order valence-electron chi connectivity index (χ0n) is 14.8. The van der Waals surface area contributed by atoms with Gasteiger partial charge in [-0.2, -0.15) is 0 Å². The molecule has 138 valence electrons. The van der Waals surface area contributed by atoms with Crippen molar-refractivity contribution in [2.24, 2.45) is 0 Å². The fourth-order valence-electron chi connectivity index (χ4n) is 3.22. The highest BCUT2D eigenvalue weighted by atomic mass is 35.5. The Morgan fingerprint density at radius 2 is 2.11 bits per heavy atom. The zero-order chi connectivity index (χ0) is 19.0. The molecule has 0 unspecified atom stereocenters. The maximum Gasteiger partial charge on any atom is 0.261 e. The van der Waals surface area contributed by atoms with E-state index in [0.717, 1.165) is 17.0 Å². The lowest BCUT2D eigenvalue weighted by Crippen LogP contribution is -2.37. The Hall–Kier alpha value is -2.31. The highest BCUT2D eigenvalue weighted by Crippen LogP contribution is 2.37. The standard InChI is InChI=1S/C20H18ClN3O2S/c1-13-8-9-24(17-4-2-3-5-18(17)27-13)19(25)11-23-12-22-16-7-6-14(21)10-15(16)20(23)26/h2-7,10,12-13H,8-9,11H2,1H3/t13-/m0/s1. The van der Waals surface area contributed by atoms with Crippen LogP contribution in [0.15, 0.2) is 58.5 Å². The van der Waals surface area contributed by atoms with E-state index >= 15 is 0 Å². The molecule has 0 bridgehead atoms. The summed E-state index contributed by atoms with van der Waals surface area (Å²) in [6.45, 7) is 2.74. The third-order valence-electron chi connectivity index (χ3n) is 4.64. The number of hydrogen-bond donors (Lipinski definition) is 0. The molecule has 3 aromatic rings. The van der Waals surface area contributed by atoms with Gasteiger partial charge in [0.25, 0.3) is 5.56 Å². The van der Waals surface area contributed by atoms with Gasteiger partial charge in [0.15, 0.2) is 0 Å². The van der Waals surface area contributed by atoms with Crippen molar-refractivity contribution in [1.82, 2.24) is 9.55 Å². The summed E-state index contributed by atoms with van der Waals surface area (Å²) in [5.41, 5.74) is 1.21. The van der Waals surface area contributed by atoms with Crippen molar-refractivity contribution < 1.29 is 4.79 Å². The normalized spacial score (nSPS) is 16.8. The average Bonchev–Trinajstić information content (AvgIpc) is 2.82. The summed E-state index contributed by atoms with van der Waals surface area (Å²) in [5, 5.41) is 1.31. The van der Waals surface area contributed by atoms with Gasteiger partial charge in [-0.05, 0) is 36.8 Å². The summed E-state index contributed by atoms with van der Waals surface area (Å²) in [6.07, 6.45) is 2.32. The summed E-state index contributed by atoms with van der Waals surface area (Å²) in [7, 11) is 0. The summed E-state index contributed by atoms with van der Waals surface area (Å²) in [5.74, 6) is -0.123. The van der Waals surface area contributed by atoms with Gasteiger partial charge in [-0.15, -0.1) is 11.8 Å². The molecule has 0 saturated heterocycles. The summed E-state index contributed by atoms with van der Waals surface area (Å²) >= 11 is 7.78. The molecule has 1 atom stereocenters. The van der Waals surface area contributed by atoms with Crippen LogP contribution in [0.3, 0.4) is 0 Å². The summed E-state index contributed by atoms with van der Waals surface area (Å²) in [4.78, 5) is 33.0. The third-order valence-corrected chi connectivity index (χ3v) is 6.11. The summed E-state index contributed by atoms with van der Waals surface area (Å²) in [6, 6.07) is 12.9. The van der Waals surface area contributed by atoms with Crippen LogP contribution in [0.25, 0.3) is 10.9 Å². The third kappa shape index (κ3) is 3.59. The minimum Gasteiger partial charge on any atom is -0.310 e. The quantitative estimate of drug-likeness (QED) is 0.654. The van der Waals surface area contributed by atoms with E-state index in [4.69, 9.17) is 11.6 Å². The van der Waals surface area contributed by atoms with E-state index in [1.807, 2.05) is 24.3 Å². The summed E-state index contributed by atoms with van der Waals surface area (Å²) < 4.78 is 1.35. The van der Waals surface area contributed by atoms with Crippen LogP contribution in [0.4, 0.5) is 5.69 Å². The Morgan fingerprint density at radius 1 is 1.30 bits per heavy atom. The van der Waals surface area contributed by atoms with E-state index in [1.54, 1.807) is 34.9 Å². The molecule has 7 heteroatoms. The van der Waals surface area contributed by atoms with Crippen LogP contribution in [0, 0.1) is 0 Å². The number of para-hydroxylation sites is 1. The molecule has 1 aliphatic heterocycles. The molecule has 5 nitrogen and oxygen atoms in total. The molecule has 0 fully saturated rings. The molecule has 0 N–H and O–H groups in total. The van der Waals surface area contributed by atoms with Crippen molar-refractivity contribution in [2.75, 3.05) is 11.4 Å². The lowest BCUT2D eigenvalue weighted by Gasteiger charge is -2.23. The second kappa shape index (κ2) is 7.37. The van der Waals surface area contributed by atoms with Gasteiger partial charge < -0.3 is 4.90 Å². The van der Waals surface area contributed by atoms with Crippen molar-refractivity contribution in [3.8, 4) is 0 Å². The number of benzene rings is 2. The van der Waals surface area contributed by atoms with Crippen LogP contribution < -0.4 is 10.5 Å². The number of rotatable bonds is 2. The number of amides is 1. The van der Waals surface area contributed by atoms with Crippen LogP contribution in [0.5, 0.6) is 0 Å². The Bertz CT molecular complexity index is 1080. The van der Waals surface area contributed by atoms with Crippen LogP contribution in [-0.4, -0.2) is 27.3 Å². The molecule has 0 spiro atoms. The second-order valence-corrected chi connectivity index (χ2v) is 8.49. The lowest BCUT2D eigenvalue weighted by atomic mass is 10.2. The smallest absolute Gasteiger partial charge is 0.261 e. The first-order valence-electron chi connectivity index (χ1n) is 8.73. The van der Waals surface area contributed by atoms with Crippen LogP contribution in [0.2, 0.25) is 5.02 Å². The maximum atomic E-state index is 13.0. The fraction of sp³-hybridized carbons (Fsp3) is 0.250. The average molecular weight is 400 g/mol. The number of halogens is 1. The number of carbonyl (C=O) groups is 1. The van der Waals surface area contributed by atoms with Gasteiger partial charge in [-0.25, -0.2) is 4.98 Å². The van der Waals surface area contributed by atoms with Crippen molar-refractivity contribution in [2.45, 2.75) is 30.0 Å². The van der Waals surface area contributed by atoms with E-state index in [2.05, 4.69) is 11.9 Å². The van der Waals surface area contributed by atoms with E-state index in [1.165, 1.54) is 10.9 Å². The van der Waals surface area contributed by atoms with E-state index in [9.17, 15) is 9.59 Å². The number of anilines is 1. The molecule has 2 heterocycles. The van der Waals surface area contributed by atoms with Crippen LogP contribution in [-0.2, 0) is 11.3 Å². The molecule has 1 aliphatic rings. The van der Waals surface area contributed by atoms with Crippen molar-refractivity contribution >= 4 is 45.9 Å². The van der Waals surface area contributed by atoms with E-state index < -0.39 is 0 Å². The molecule has 0 saturated carbocycles. The number of aromatic nitrogens is 2. The fourth-order valence-corrected chi connectivity index (χ4v) is 4.51. The van der Waals surface area contributed by atoms with Gasteiger partial charge >= 0.3 is 0 Å². The van der Waals surface area contributed by atoms with Crippen LogP contribution in [0.1, 0.15) is 13.3 Å². The SMILES string of the molecule is C[C@H]1CCN(C(=O)Cn2cnc3ccc(Cl)cc3c2=O)c2ccccc2S1. The first-order chi connectivity index (χ1) is 13.0. The molecule has 4 rings (SSSR count). The Morgan fingerprint density at radius 3 is 2.96 bits per heavy atom. The van der Waals surface area contributed by atoms with Gasteiger partial charge in [-0.3, -0.25) is 14.2 Å². The van der Waals surface area contributed by atoms with E-state index in [0.29, 0.717) is 27.7 Å². The van der Waals surface area contributed by atoms with Gasteiger partial charge in [0.2, 0.25) is 5.91 Å². The Kier molecular flexibility index (Phi) is 4.93. The largest absolute Gasteiger partial charge is 0.310 e. The van der Waals surface area contributed by atoms with Crippen molar-refractivity contribution in [3.05, 3.63) is 64.2 Å². The molecule has 1 amide bonds. The number of hydrogen-bond acceptors (Lipinski definition) is 4. The van der Waals surface area contributed by atoms with Gasteiger partial charge in [-0.1, -0.05) is 30.7 Å². The topological polar surface area (TPSA) is 55.2 Å². The lowest BCUT2D eigenvalue weighted by molar-refractivity contribution is -0.119. The van der Waals surface area contributed by atoms with Crippen LogP contribution >= 0.6 is 23.4 Å². The van der Waals surface area contributed by atoms with E-state index in [-0.39, 0.29) is 18.0 Å². The predicted octanol–water partition coefficient (Wildman–Crippen LogP) is 3.97. The van der Waals surface area contributed by atoms with Gasteiger partial charge in [0, 0.05) is 21.7 Å².